The highest BCUT2D eigenvalue weighted by atomic mass is 32.2. The number of halogens is 1. The van der Waals surface area contributed by atoms with Gasteiger partial charge in [-0.05, 0) is 43.2 Å². The quantitative estimate of drug-likeness (QED) is 0.760. The Labute approximate surface area is 158 Å². The lowest BCUT2D eigenvalue weighted by molar-refractivity contribution is -0.136. The highest BCUT2D eigenvalue weighted by Crippen LogP contribution is 2.21. The predicted octanol–water partition coefficient (Wildman–Crippen LogP) is 2.73. The summed E-state index contributed by atoms with van der Waals surface area (Å²) in [5, 5.41) is 0. The molecule has 1 fully saturated rings. The van der Waals surface area contributed by atoms with Gasteiger partial charge in [0.2, 0.25) is 0 Å². The van der Waals surface area contributed by atoms with Gasteiger partial charge >= 0.3 is 0 Å². The maximum Gasteiger partial charge on any atom is 0.261 e. The smallest absolute Gasteiger partial charge is 0.261 e. The van der Waals surface area contributed by atoms with Crippen molar-refractivity contribution in [3.8, 4) is 5.75 Å². The van der Waals surface area contributed by atoms with Gasteiger partial charge in [-0.25, -0.2) is 12.8 Å². The van der Waals surface area contributed by atoms with Crippen molar-refractivity contribution in [2.75, 3.05) is 18.1 Å². The number of benzene rings is 2. The Balaban J connectivity index is 1.72. The number of rotatable bonds is 6. The van der Waals surface area contributed by atoms with E-state index in [1.807, 2.05) is 19.1 Å². The largest absolute Gasteiger partial charge is 0.484 e. The molecule has 1 heterocycles. The fraction of sp³-hybridized carbons (Fsp3) is 0.350. The minimum absolute atomic E-state index is 0.0511. The first-order chi connectivity index (χ1) is 12.8. The number of aryl methyl sites for hydroxylation is 1. The van der Waals surface area contributed by atoms with Crippen LogP contribution >= 0.6 is 0 Å². The van der Waals surface area contributed by atoms with Crippen LogP contribution in [0.4, 0.5) is 4.39 Å². The molecule has 0 aromatic heterocycles. The molecule has 0 spiro atoms. The number of sulfone groups is 1. The summed E-state index contributed by atoms with van der Waals surface area (Å²) < 4.78 is 42.4. The van der Waals surface area contributed by atoms with E-state index in [-0.39, 0.29) is 36.4 Å². The average molecular weight is 391 g/mol. The van der Waals surface area contributed by atoms with E-state index in [9.17, 15) is 17.6 Å². The van der Waals surface area contributed by atoms with E-state index < -0.39 is 15.9 Å². The van der Waals surface area contributed by atoms with Crippen LogP contribution in [-0.4, -0.2) is 43.4 Å². The van der Waals surface area contributed by atoms with Crippen LogP contribution < -0.4 is 4.74 Å². The molecule has 1 aliphatic heterocycles. The zero-order valence-corrected chi connectivity index (χ0v) is 15.9. The zero-order chi connectivity index (χ0) is 19.4. The Hall–Kier alpha value is -2.41. The van der Waals surface area contributed by atoms with Crippen molar-refractivity contribution in [1.29, 1.82) is 0 Å². The molecule has 0 N–H and O–H groups in total. The number of ether oxygens (including phenoxy) is 1. The molecule has 1 atom stereocenters. The summed E-state index contributed by atoms with van der Waals surface area (Å²) >= 11 is 0. The maximum atomic E-state index is 13.1. The molecule has 1 amide bonds. The third kappa shape index (κ3) is 5.29. The van der Waals surface area contributed by atoms with Crippen LogP contribution in [0.1, 0.15) is 17.5 Å². The average Bonchev–Trinajstić information content (AvgIpc) is 3.00. The second kappa shape index (κ2) is 8.08. The van der Waals surface area contributed by atoms with Gasteiger partial charge < -0.3 is 9.64 Å². The van der Waals surface area contributed by atoms with Crippen molar-refractivity contribution in [2.24, 2.45) is 0 Å². The van der Waals surface area contributed by atoms with Gasteiger partial charge in [0, 0.05) is 12.6 Å². The van der Waals surface area contributed by atoms with Gasteiger partial charge in [0.05, 0.1) is 11.5 Å². The van der Waals surface area contributed by atoms with E-state index >= 15 is 0 Å². The summed E-state index contributed by atoms with van der Waals surface area (Å²) in [7, 11) is -3.14. The van der Waals surface area contributed by atoms with E-state index in [1.54, 1.807) is 24.3 Å². The van der Waals surface area contributed by atoms with Gasteiger partial charge in [0.25, 0.3) is 5.91 Å². The van der Waals surface area contributed by atoms with E-state index in [4.69, 9.17) is 4.74 Å². The Morgan fingerprint density at radius 2 is 1.81 bits per heavy atom. The molecule has 1 aliphatic rings. The first-order valence-electron chi connectivity index (χ1n) is 8.76. The first kappa shape index (κ1) is 19.4. The third-order valence-corrected chi connectivity index (χ3v) is 6.37. The minimum atomic E-state index is -3.14. The maximum absolute atomic E-state index is 13.1. The lowest BCUT2D eigenvalue weighted by atomic mass is 10.1. The number of hydrogen-bond donors (Lipinski definition) is 0. The van der Waals surface area contributed by atoms with E-state index in [0.717, 1.165) is 11.1 Å². The summed E-state index contributed by atoms with van der Waals surface area (Å²) in [5.41, 5.74) is 1.83. The lowest BCUT2D eigenvalue weighted by Gasteiger charge is -2.28. The first-order valence-corrected chi connectivity index (χ1v) is 10.6. The normalized spacial score (nSPS) is 18.2. The zero-order valence-electron chi connectivity index (χ0n) is 15.1. The monoisotopic (exact) mass is 391 g/mol. The summed E-state index contributed by atoms with van der Waals surface area (Å²) in [6, 6.07) is 12.8. The van der Waals surface area contributed by atoms with Crippen molar-refractivity contribution >= 4 is 15.7 Å². The predicted molar refractivity (Wildman–Crippen MR) is 101 cm³/mol. The Kier molecular flexibility index (Phi) is 5.79. The van der Waals surface area contributed by atoms with Gasteiger partial charge in [-0.2, -0.15) is 0 Å². The standard InChI is InChI=1S/C20H22FNO4S/c1-15-2-8-19(9-3-15)26-13-20(23)22(18-10-11-27(24,25)14-18)12-16-4-6-17(21)7-5-16/h2-9,18H,10-14H2,1H3. The Bertz CT molecular complexity index is 895. The van der Waals surface area contributed by atoms with Gasteiger partial charge in [0.1, 0.15) is 11.6 Å². The summed E-state index contributed by atoms with van der Waals surface area (Å²) in [6.07, 6.45) is 0.403. The van der Waals surface area contributed by atoms with E-state index in [1.165, 1.54) is 17.0 Å². The molecule has 3 rings (SSSR count). The second-order valence-electron chi connectivity index (χ2n) is 6.81. The lowest BCUT2D eigenvalue weighted by Crippen LogP contribution is -2.43. The van der Waals surface area contributed by atoms with Crippen LogP contribution in [0.3, 0.4) is 0 Å². The molecule has 5 nitrogen and oxygen atoms in total. The van der Waals surface area contributed by atoms with Crippen molar-refractivity contribution in [1.82, 2.24) is 4.90 Å². The minimum Gasteiger partial charge on any atom is -0.484 e. The molecule has 0 radical (unpaired) electrons. The molecule has 2 aromatic rings. The summed E-state index contributed by atoms with van der Waals surface area (Å²) in [6.45, 7) is 2.00. The van der Waals surface area contributed by atoms with Gasteiger partial charge in [-0.1, -0.05) is 29.8 Å². The molecule has 1 unspecified atom stereocenters. The van der Waals surface area contributed by atoms with Crippen LogP contribution in [0.25, 0.3) is 0 Å². The summed E-state index contributed by atoms with van der Waals surface area (Å²) in [5.74, 6) is -0.0479. The van der Waals surface area contributed by atoms with Crippen LogP contribution in [0.5, 0.6) is 5.75 Å². The number of amides is 1. The molecule has 0 bridgehead atoms. The van der Waals surface area contributed by atoms with Gasteiger partial charge in [0.15, 0.2) is 16.4 Å². The fourth-order valence-corrected chi connectivity index (χ4v) is 4.82. The molecule has 7 heteroatoms. The molecule has 0 aliphatic carbocycles. The fourth-order valence-electron chi connectivity index (χ4n) is 3.09. The molecule has 2 aromatic carbocycles. The number of carbonyl (C=O) groups excluding carboxylic acids is 1. The van der Waals surface area contributed by atoms with E-state index in [0.29, 0.717) is 12.2 Å². The van der Waals surface area contributed by atoms with E-state index in [2.05, 4.69) is 0 Å². The SMILES string of the molecule is Cc1ccc(OCC(=O)N(Cc2ccc(F)cc2)C2CCS(=O)(=O)C2)cc1. The number of nitrogens with zero attached hydrogens (tertiary/aromatic N) is 1. The molecular weight excluding hydrogens is 369 g/mol. The van der Waals surface area contributed by atoms with Crippen molar-refractivity contribution in [2.45, 2.75) is 25.9 Å². The Morgan fingerprint density at radius 3 is 2.41 bits per heavy atom. The van der Waals surface area contributed by atoms with Crippen LogP contribution in [-0.2, 0) is 21.2 Å². The molecule has 27 heavy (non-hydrogen) atoms. The molecule has 1 saturated heterocycles. The summed E-state index contributed by atoms with van der Waals surface area (Å²) in [4.78, 5) is 14.3. The van der Waals surface area contributed by atoms with Gasteiger partial charge in [-0.15, -0.1) is 0 Å². The van der Waals surface area contributed by atoms with Crippen molar-refractivity contribution in [3.63, 3.8) is 0 Å². The van der Waals surface area contributed by atoms with Crippen LogP contribution in [0.2, 0.25) is 0 Å². The topological polar surface area (TPSA) is 63.7 Å². The third-order valence-electron chi connectivity index (χ3n) is 4.62. The van der Waals surface area contributed by atoms with Crippen LogP contribution in [0, 0.1) is 12.7 Å². The van der Waals surface area contributed by atoms with Crippen LogP contribution in [0.15, 0.2) is 48.5 Å². The van der Waals surface area contributed by atoms with Crippen molar-refractivity contribution in [3.05, 3.63) is 65.5 Å². The Morgan fingerprint density at radius 1 is 1.15 bits per heavy atom. The highest BCUT2D eigenvalue weighted by molar-refractivity contribution is 7.91. The molecular formula is C20H22FNO4S. The molecule has 0 saturated carbocycles. The van der Waals surface area contributed by atoms with Gasteiger partial charge in [-0.3, -0.25) is 4.79 Å². The molecule has 144 valence electrons. The van der Waals surface area contributed by atoms with Crippen molar-refractivity contribution < 1.29 is 22.3 Å². The second-order valence-corrected chi connectivity index (χ2v) is 9.04. The number of carbonyl (C=O) groups is 1. The number of hydrogen-bond acceptors (Lipinski definition) is 4. The highest BCUT2D eigenvalue weighted by Gasteiger charge is 2.34.